The number of benzene rings is 1. The van der Waals surface area contributed by atoms with Gasteiger partial charge in [0.1, 0.15) is 17.3 Å². The van der Waals surface area contributed by atoms with Gasteiger partial charge in [0, 0.05) is 37.2 Å². The van der Waals surface area contributed by atoms with Gasteiger partial charge in [-0.1, -0.05) is 39.8 Å². The van der Waals surface area contributed by atoms with Crippen LogP contribution in [-0.2, 0) is 14.4 Å². The highest BCUT2D eigenvalue weighted by atomic mass is 16.4. The maximum atomic E-state index is 13.1. The molecule has 0 aromatic heterocycles. The van der Waals surface area contributed by atoms with Crippen LogP contribution in [0.3, 0.4) is 0 Å². The van der Waals surface area contributed by atoms with Gasteiger partial charge in [0.15, 0.2) is 5.78 Å². The number of allylic oxidation sites excluding steroid dienone is 2. The lowest BCUT2D eigenvalue weighted by molar-refractivity contribution is -0.140. The first-order valence-electron chi connectivity index (χ1n) is 10.2. The highest BCUT2D eigenvalue weighted by Gasteiger charge is 2.48. The number of carbonyl (C=O) groups is 4. The van der Waals surface area contributed by atoms with Crippen molar-refractivity contribution in [3.63, 3.8) is 0 Å². The van der Waals surface area contributed by atoms with Crippen molar-refractivity contribution in [2.24, 2.45) is 16.7 Å². The summed E-state index contributed by atoms with van der Waals surface area (Å²) in [6, 6.07) is 5.84. The summed E-state index contributed by atoms with van der Waals surface area (Å²) in [5, 5.41) is 20.0. The van der Waals surface area contributed by atoms with Gasteiger partial charge in [0.05, 0.1) is 11.5 Å². The SMILES string of the molecule is CC1(C)CC(=O)C([C@H](C2=C(O)CC(C)(C)CC2=O)c2ccc(C(=O)O)cc2)C(=O)C1. The molecular weight excluding hydrogens is 384 g/mol. The fourth-order valence-electron chi connectivity index (χ4n) is 4.79. The van der Waals surface area contributed by atoms with Crippen molar-refractivity contribution in [2.45, 2.75) is 59.3 Å². The van der Waals surface area contributed by atoms with Crippen LogP contribution in [0.4, 0.5) is 0 Å². The molecule has 1 atom stereocenters. The smallest absolute Gasteiger partial charge is 0.335 e. The predicted molar refractivity (Wildman–Crippen MR) is 110 cm³/mol. The van der Waals surface area contributed by atoms with E-state index in [0.29, 0.717) is 5.56 Å². The second kappa shape index (κ2) is 7.49. The number of carboxylic acid groups (broad SMARTS) is 1. The average molecular weight is 412 g/mol. The van der Waals surface area contributed by atoms with Crippen LogP contribution in [0.5, 0.6) is 0 Å². The molecule has 1 fully saturated rings. The molecule has 2 N–H and O–H groups in total. The number of aliphatic hydroxyl groups excluding tert-OH is 1. The third-order valence-corrected chi connectivity index (χ3v) is 6.06. The number of carbonyl (C=O) groups excluding carboxylic acids is 3. The Hall–Kier alpha value is -2.76. The minimum absolute atomic E-state index is 0.0641. The number of carboxylic acids is 1. The number of aliphatic hydroxyl groups is 1. The van der Waals surface area contributed by atoms with Gasteiger partial charge in [-0.25, -0.2) is 4.79 Å². The Bertz CT molecular complexity index is 928. The van der Waals surface area contributed by atoms with Gasteiger partial charge in [-0.15, -0.1) is 0 Å². The van der Waals surface area contributed by atoms with E-state index in [1.54, 1.807) is 0 Å². The summed E-state index contributed by atoms with van der Waals surface area (Å²) in [6.07, 6.45) is 0.900. The highest BCUT2D eigenvalue weighted by molar-refractivity contribution is 6.09. The molecule has 0 saturated heterocycles. The zero-order valence-corrected chi connectivity index (χ0v) is 17.8. The summed E-state index contributed by atoms with van der Waals surface area (Å²) in [4.78, 5) is 50.4. The van der Waals surface area contributed by atoms with E-state index in [4.69, 9.17) is 0 Å². The Kier molecular flexibility index (Phi) is 5.48. The second-order valence-corrected chi connectivity index (χ2v) is 10.1. The number of rotatable bonds is 4. The Morgan fingerprint density at radius 3 is 1.87 bits per heavy atom. The molecule has 1 aromatic carbocycles. The molecule has 0 bridgehead atoms. The van der Waals surface area contributed by atoms with E-state index >= 15 is 0 Å². The van der Waals surface area contributed by atoms with Crippen molar-refractivity contribution in [3.05, 3.63) is 46.7 Å². The average Bonchev–Trinajstić information content (AvgIpc) is 2.57. The summed E-state index contributed by atoms with van der Waals surface area (Å²) in [7, 11) is 0. The van der Waals surface area contributed by atoms with E-state index in [1.165, 1.54) is 24.3 Å². The lowest BCUT2D eigenvalue weighted by Crippen LogP contribution is -2.43. The minimum Gasteiger partial charge on any atom is -0.512 e. The molecule has 1 aromatic rings. The molecule has 6 nitrogen and oxygen atoms in total. The van der Waals surface area contributed by atoms with Crippen LogP contribution in [0.15, 0.2) is 35.6 Å². The Morgan fingerprint density at radius 2 is 1.40 bits per heavy atom. The van der Waals surface area contributed by atoms with Crippen molar-refractivity contribution in [1.82, 2.24) is 0 Å². The van der Waals surface area contributed by atoms with Crippen LogP contribution < -0.4 is 0 Å². The molecule has 2 aliphatic rings. The molecular formula is C24H28O6. The van der Waals surface area contributed by atoms with Crippen molar-refractivity contribution in [2.75, 3.05) is 0 Å². The van der Waals surface area contributed by atoms with Gasteiger partial charge in [-0.05, 0) is 28.5 Å². The molecule has 30 heavy (non-hydrogen) atoms. The van der Waals surface area contributed by atoms with E-state index in [-0.39, 0.29) is 59.9 Å². The number of hydrogen-bond donors (Lipinski definition) is 2. The van der Waals surface area contributed by atoms with Crippen molar-refractivity contribution in [3.8, 4) is 0 Å². The molecule has 0 radical (unpaired) electrons. The molecule has 1 saturated carbocycles. The quantitative estimate of drug-likeness (QED) is 0.716. The van der Waals surface area contributed by atoms with Crippen molar-refractivity contribution < 1.29 is 29.4 Å². The largest absolute Gasteiger partial charge is 0.512 e. The topological polar surface area (TPSA) is 109 Å². The molecule has 0 amide bonds. The summed E-state index contributed by atoms with van der Waals surface area (Å²) < 4.78 is 0. The maximum Gasteiger partial charge on any atom is 0.335 e. The molecule has 0 unspecified atom stereocenters. The molecule has 3 rings (SSSR count). The molecule has 160 valence electrons. The summed E-state index contributed by atoms with van der Waals surface area (Å²) in [5.74, 6) is -3.93. The zero-order chi connectivity index (χ0) is 22.4. The van der Waals surface area contributed by atoms with Crippen LogP contribution in [0.1, 0.15) is 75.2 Å². The first-order chi connectivity index (χ1) is 13.8. The van der Waals surface area contributed by atoms with Gasteiger partial charge in [0.25, 0.3) is 0 Å². The third-order valence-electron chi connectivity index (χ3n) is 6.06. The monoisotopic (exact) mass is 412 g/mol. The fraction of sp³-hybridized carbons (Fsp3) is 0.500. The highest BCUT2D eigenvalue weighted by Crippen LogP contribution is 2.47. The fourth-order valence-corrected chi connectivity index (χ4v) is 4.79. The van der Waals surface area contributed by atoms with E-state index in [1.807, 2.05) is 27.7 Å². The zero-order valence-electron chi connectivity index (χ0n) is 17.8. The van der Waals surface area contributed by atoms with Gasteiger partial charge in [0.2, 0.25) is 0 Å². The van der Waals surface area contributed by atoms with E-state index in [2.05, 4.69) is 0 Å². The van der Waals surface area contributed by atoms with Crippen LogP contribution in [0, 0.1) is 16.7 Å². The van der Waals surface area contributed by atoms with Gasteiger partial charge in [-0.2, -0.15) is 0 Å². The van der Waals surface area contributed by atoms with Crippen molar-refractivity contribution in [1.29, 1.82) is 0 Å². The van der Waals surface area contributed by atoms with E-state index in [0.717, 1.165) is 0 Å². The molecule has 0 heterocycles. The van der Waals surface area contributed by atoms with Gasteiger partial charge < -0.3 is 10.2 Å². The van der Waals surface area contributed by atoms with Crippen molar-refractivity contribution >= 4 is 23.3 Å². The standard InChI is InChI=1S/C24H28O6/c1-23(2)9-15(25)20(16(26)10-23)19(13-5-7-14(8-6-13)22(29)30)21-17(27)11-24(3,4)12-18(21)28/h5-8,19-20,27H,9-12H2,1-4H3,(H,29,30)/t19-/m1/s1. The van der Waals surface area contributed by atoms with Gasteiger partial charge in [-0.3, -0.25) is 14.4 Å². The molecule has 2 aliphatic carbocycles. The van der Waals surface area contributed by atoms with Crippen LogP contribution in [0.2, 0.25) is 0 Å². The Morgan fingerprint density at radius 1 is 0.900 bits per heavy atom. The second-order valence-electron chi connectivity index (χ2n) is 10.1. The first kappa shape index (κ1) is 21.9. The number of Topliss-reactive ketones (excluding diaryl/α,β-unsaturated/α-hetero) is 3. The molecule has 0 spiro atoms. The number of aromatic carboxylic acids is 1. The van der Waals surface area contributed by atoms with Crippen LogP contribution in [-0.4, -0.2) is 33.5 Å². The van der Waals surface area contributed by atoms with E-state index in [9.17, 15) is 29.4 Å². The number of hydrogen-bond acceptors (Lipinski definition) is 5. The third kappa shape index (κ3) is 4.23. The summed E-state index contributed by atoms with van der Waals surface area (Å²) >= 11 is 0. The Balaban J connectivity index is 2.15. The van der Waals surface area contributed by atoms with Crippen LogP contribution >= 0.6 is 0 Å². The normalized spacial score (nSPS) is 22.9. The predicted octanol–water partition coefficient (Wildman–Crippen LogP) is 4.24. The van der Waals surface area contributed by atoms with Crippen LogP contribution in [0.25, 0.3) is 0 Å². The lowest BCUT2D eigenvalue weighted by atomic mass is 9.62. The molecule has 0 aliphatic heterocycles. The maximum absolute atomic E-state index is 13.1. The number of ketones is 3. The summed E-state index contributed by atoms with van der Waals surface area (Å²) in [6.45, 7) is 7.49. The molecule has 6 heteroatoms. The van der Waals surface area contributed by atoms with Gasteiger partial charge >= 0.3 is 5.97 Å². The minimum atomic E-state index is -1.10. The van der Waals surface area contributed by atoms with E-state index < -0.39 is 28.6 Å². The lowest BCUT2D eigenvalue weighted by Gasteiger charge is -2.39. The summed E-state index contributed by atoms with van der Waals surface area (Å²) in [5.41, 5.74) is -0.193. The first-order valence-corrected chi connectivity index (χ1v) is 10.2. The Labute approximate surface area is 176 Å².